The predicted octanol–water partition coefficient (Wildman–Crippen LogP) is 3.70. The highest BCUT2D eigenvalue weighted by Gasteiger charge is 2.39. The number of amides is 1. The van der Waals surface area contributed by atoms with Gasteiger partial charge in [-0.25, -0.2) is 15.0 Å². The second kappa shape index (κ2) is 6.43. The molecule has 5 rings (SSSR count). The standard InChI is InChI=1S/C21H22ClN7O/c1-4-13(30)28-8-12-14(17-16(22)11-6-5-7-24-19(11)27-17)15-18(23)25-10-26-20(15)29(12)21(2,3)9-28/h5-7,10H,4,8-9H2,1-3H3,(H,24,27)(H2,23,25,26). The monoisotopic (exact) mass is 423 g/mol. The van der Waals surface area contributed by atoms with Gasteiger partial charge < -0.3 is 20.2 Å². The predicted molar refractivity (Wildman–Crippen MR) is 117 cm³/mol. The number of aromatic amines is 1. The largest absolute Gasteiger partial charge is 0.383 e. The Balaban J connectivity index is 1.89. The van der Waals surface area contributed by atoms with Gasteiger partial charge in [-0.3, -0.25) is 4.79 Å². The van der Waals surface area contributed by atoms with E-state index in [9.17, 15) is 4.79 Å². The third kappa shape index (κ3) is 2.53. The maximum Gasteiger partial charge on any atom is 0.222 e. The van der Waals surface area contributed by atoms with Crippen LogP contribution in [0.5, 0.6) is 0 Å². The Hall–Kier alpha value is -3.13. The minimum absolute atomic E-state index is 0.106. The van der Waals surface area contributed by atoms with Crippen molar-refractivity contribution in [3.63, 3.8) is 0 Å². The van der Waals surface area contributed by atoms with Gasteiger partial charge in [0.15, 0.2) is 0 Å². The molecule has 0 aliphatic carbocycles. The van der Waals surface area contributed by atoms with Gasteiger partial charge in [-0.1, -0.05) is 18.5 Å². The molecule has 4 aromatic rings. The molecule has 1 aliphatic heterocycles. The molecule has 4 aromatic heterocycles. The van der Waals surface area contributed by atoms with E-state index >= 15 is 0 Å². The Labute approximate surface area is 178 Å². The summed E-state index contributed by atoms with van der Waals surface area (Å²) in [5.74, 6) is 0.484. The summed E-state index contributed by atoms with van der Waals surface area (Å²) < 4.78 is 2.17. The Bertz CT molecular complexity index is 1320. The fraction of sp³-hybridized carbons (Fsp3) is 0.333. The van der Waals surface area contributed by atoms with Gasteiger partial charge in [-0.05, 0) is 26.0 Å². The quantitative estimate of drug-likeness (QED) is 0.511. The van der Waals surface area contributed by atoms with Crippen LogP contribution in [-0.2, 0) is 16.9 Å². The van der Waals surface area contributed by atoms with E-state index in [0.717, 1.165) is 27.7 Å². The van der Waals surface area contributed by atoms with E-state index in [2.05, 4.69) is 38.4 Å². The van der Waals surface area contributed by atoms with Gasteiger partial charge in [-0.2, -0.15) is 0 Å². The maximum atomic E-state index is 12.6. The topological polar surface area (TPSA) is 106 Å². The summed E-state index contributed by atoms with van der Waals surface area (Å²) in [6, 6.07) is 3.77. The highest BCUT2D eigenvalue weighted by molar-refractivity contribution is 6.38. The van der Waals surface area contributed by atoms with E-state index in [1.54, 1.807) is 6.20 Å². The molecule has 0 fully saturated rings. The number of carbonyl (C=O) groups excluding carboxylic acids is 1. The number of fused-ring (bicyclic) bond motifs is 4. The number of rotatable bonds is 2. The lowest BCUT2D eigenvalue weighted by atomic mass is 9.99. The molecule has 0 radical (unpaired) electrons. The minimum atomic E-state index is -0.382. The van der Waals surface area contributed by atoms with Crippen LogP contribution in [0.3, 0.4) is 0 Å². The first-order valence-corrected chi connectivity index (χ1v) is 10.3. The number of nitrogen functional groups attached to an aromatic ring is 1. The van der Waals surface area contributed by atoms with Gasteiger partial charge in [0, 0.05) is 35.8 Å². The van der Waals surface area contributed by atoms with Crippen molar-refractivity contribution in [2.75, 3.05) is 12.3 Å². The van der Waals surface area contributed by atoms with Crippen LogP contribution >= 0.6 is 11.6 Å². The van der Waals surface area contributed by atoms with Crippen molar-refractivity contribution < 1.29 is 4.79 Å². The number of carbonyl (C=O) groups is 1. The first-order chi connectivity index (χ1) is 14.3. The van der Waals surface area contributed by atoms with Crippen LogP contribution in [0, 0.1) is 0 Å². The number of aromatic nitrogens is 5. The van der Waals surface area contributed by atoms with Crippen molar-refractivity contribution in [1.29, 1.82) is 0 Å². The molecule has 0 unspecified atom stereocenters. The molecule has 0 atom stereocenters. The fourth-order valence-electron chi connectivity index (χ4n) is 4.59. The normalized spacial score (nSPS) is 15.7. The number of anilines is 1. The molecule has 1 amide bonds. The third-order valence-corrected chi connectivity index (χ3v) is 6.21. The first kappa shape index (κ1) is 18.9. The smallest absolute Gasteiger partial charge is 0.222 e. The summed E-state index contributed by atoms with van der Waals surface area (Å²) in [4.78, 5) is 31.1. The van der Waals surface area contributed by atoms with Crippen LogP contribution in [-0.4, -0.2) is 41.9 Å². The SMILES string of the molecule is CCC(=O)N1Cc2c(-c3[nH]c4ncccc4c3Cl)c3c(N)ncnc3n2C(C)(C)C1. The summed E-state index contributed by atoms with van der Waals surface area (Å²) in [5.41, 5.74) is 9.87. The number of pyridine rings is 1. The Morgan fingerprint density at radius 2 is 2.13 bits per heavy atom. The molecule has 1 aliphatic rings. The molecular weight excluding hydrogens is 402 g/mol. The van der Waals surface area contributed by atoms with Crippen molar-refractivity contribution in [2.45, 2.75) is 39.3 Å². The molecule has 9 heteroatoms. The molecule has 0 aromatic carbocycles. The van der Waals surface area contributed by atoms with E-state index in [-0.39, 0.29) is 11.4 Å². The highest BCUT2D eigenvalue weighted by Crippen LogP contribution is 2.45. The number of nitrogens with two attached hydrogens (primary N) is 1. The number of H-pyrrole nitrogens is 1. The Kier molecular flexibility index (Phi) is 4.05. The minimum Gasteiger partial charge on any atom is -0.383 e. The molecular formula is C21H22ClN7O. The molecule has 30 heavy (non-hydrogen) atoms. The average Bonchev–Trinajstić information content (AvgIpc) is 3.23. The van der Waals surface area contributed by atoms with Gasteiger partial charge in [0.2, 0.25) is 5.91 Å². The van der Waals surface area contributed by atoms with Crippen molar-refractivity contribution >= 4 is 45.4 Å². The summed E-state index contributed by atoms with van der Waals surface area (Å²) in [6.45, 7) is 7.11. The van der Waals surface area contributed by atoms with Gasteiger partial charge in [0.05, 0.1) is 28.2 Å². The lowest BCUT2D eigenvalue weighted by Gasteiger charge is -2.41. The highest BCUT2D eigenvalue weighted by atomic mass is 35.5. The van der Waals surface area contributed by atoms with E-state index in [4.69, 9.17) is 17.3 Å². The van der Waals surface area contributed by atoms with Crippen LogP contribution in [0.2, 0.25) is 5.02 Å². The number of halogens is 1. The lowest BCUT2D eigenvalue weighted by molar-refractivity contribution is -0.133. The Morgan fingerprint density at radius 1 is 1.33 bits per heavy atom. The molecule has 0 bridgehead atoms. The van der Waals surface area contributed by atoms with Gasteiger partial charge in [-0.15, -0.1) is 0 Å². The molecule has 154 valence electrons. The number of nitrogens with zero attached hydrogens (tertiary/aromatic N) is 5. The third-order valence-electron chi connectivity index (χ3n) is 5.81. The first-order valence-electron chi connectivity index (χ1n) is 9.88. The average molecular weight is 424 g/mol. The van der Waals surface area contributed by atoms with E-state index in [1.165, 1.54) is 6.33 Å². The summed E-state index contributed by atoms with van der Waals surface area (Å²) >= 11 is 6.80. The second-order valence-electron chi connectivity index (χ2n) is 8.24. The molecule has 3 N–H and O–H groups in total. The summed E-state index contributed by atoms with van der Waals surface area (Å²) in [5, 5.41) is 2.13. The zero-order valence-corrected chi connectivity index (χ0v) is 17.8. The number of nitrogens with one attached hydrogen (secondary N) is 1. The summed E-state index contributed by atoms with van der Waals surface area (Å²) in [7, 11) is 0. The number of hydrogen-bond donors (Lipinski definition) is 2. The van der Waals surface area contributed by atoms with Crippen LogP contribution in [0.15, 0.2) is 24.7 Å². The number of hydrogen-bond acceptors (Lipinski definition) is 5. The van der Waals surface area contributed by atoms with Crippen LogP contribution < -0.4 is 5.73 Å². The van der Waals surface area contributed by atoms with E-state index < -0.39 is 0 Å². The zero-order chi connectivity index (χ0) is 21.2. The fourth-order valence-corrected chi connectivity index (χ4v) is 4.88. The van der Waals surface area contributed by atoms with Crippen LogP contribution in [0.25, 0.3) is 33.3 Å². The molecule has 5 heterocycles. The van der Waals surface area contributed by atoms with Crippen LogP contribution in [0.1, 0.15) is 32.9 Å². The maximum absolute atomic E-state index is 12.6. The van der Waals surface area contributed by atoms with Crippen molar-refractivity contribution in [2.24, 2.45) is 0 Å². The van der Waals surface area contributed by atoms with Crippen LogP contribution in [0.4, 0.5) is 5.82 Å². The molecule has 8 nitrogen and oxygen atoms in total. The van der Waals surface area contributed by atoms with Crippen molar-refractivity contribution in [3.05, 3.63) is 35.4 Å². The van der Waals surface area contributed by atoms with Gasteiger partial charge >= 0.3 is 0 Å². The lowest BCUT2D eigenvalue weighted by Crippen LogP contribution is -2.48. The summed E-state index contributed by atoms with van der Waals surface area (Å²) in [6.07, 6.45) is 3.64. The molecule has 0 saturated heterocycles. The van der Waals surface area contributed by atoms with Gasteiger partial charge in [0.1, 0.15) is 23.4 Å². The van der Waals surface area contributed by atoms with Crippen molar-refractivity contribution in [3.8, 4) is 11.3 Å². The zero-order valence-electron chi connectivity index (χ0n) is 17.0. The van der Waals surface area contributed by atoms with E-state index in [1.807, 2.05) is 24.0 Å². The Morgan fingerprint density at radius 3 is 2.87 bits per heavy atom. The van der Waals surface area contributed by atoms with E-state index in [0.29, 0.717) is 41.7 Å². The van der Waals surface area contributed by atoms with Crippen molar-refractivity contribution in [1.82, 2.24) is 29.4 Å². The molecule has 0 saturated carbocycles. The van der Waals surface area contributed by atoms with Gasteiger partial charge in [0.25, 0.3) is 0 Å². The molecule has 0 spiro atoms. The second-order valence-corrected chi connectivity index (χ2v) is 8.62.